The molecule has 0 fully saturated rings. The van der Waals surface area contributed by atoms with Crippen LogP contribution in [-0.4, -0.2) is 32.6 Å². The summed E-state index contributed by atoms with van der Waals surface area (Å²) in [6.07, 6.45) is 3.18. The molecule has 24 heavy (non-hydrogen) atoms. The van der Waals surface area contributed by atoms with Gasteiger partial charge < -0.3 is 14.2 Å². The molecule has 126 valence electrons. The van der Waals surface area contributed by atoms with Crippen molar-refractivity contribution in [3.8, 4) is 11.5 Å². The fraction of sp³-hybridized carbons (Fsp3) is 0.333. The van der Waals surface area contributed by atoms with Crippen LogP contribution in [0.3, 0.4) is 0 Å². The van der Waals surface area contributed by atoms with Crippen molar-refractivity contribution in [1.82, 2.24) is 0 Å². The molecule has 0 spiro atoms. The van der Waals surface area contributed by atoms with E-state index < -0.39 is 5.97 Å². The molecule has 1 aromatic heterocycles. The zero-order chi connectivity index (χ0) is 17.1. The topological polar surface area (TPSA) is 61.8 Å². The van der Waals surface area contributed by atoms with Crippen molar-refractivity contribution in [2.75, 3.05) is 20.8 Å². The predicted molar refractivity (Wildman–Crippen MR) is 90.5 cm³/mol. The first-order valence-corrected chi connectivity index (χ1v) is 8.48. The number of ketones is 1. The maximum absolute atomic E-state index is 12.3. The van der Waals surface area contributed by atoms with Crippen LogP contribution >= 0.6 is 11.3 Å². The van der Waals surface area contributed by atoms with Gasteiger partial charge in [-0.25, -0.2) is 4.79 Å². The summed E-state index contributed by atoms with van der Waals surface area (Å²) in [5, 5.41) is 0. The van der Waals surface area contributed by atoms with E-state index in [4.69, 9.17) is 14.2 Å². The fourth-order valence-electron chi connectivity index (χ4n) is 2.74. The molecule has 0 atom stereocenters. The third-order valence-corrected chi connectivity index (χ3v) is 5.21. The molecule has 0 saturated carbocycles. The van der Waals surface area contributed by atoms with Gasteiger partial charge in [-0.2, -0.15) is 0 Å². The molecule has 1 aromatic carbocycles. The van der Waals surface area contributed by atoms with E-state index in [1.807, 2.05) is 6.07 Å². The number of rotatable bonds is 6. The first kappa shape index (κ1) is 16.5. The molecule has 0 radical (unpaired) electrons. The average Bonchev–Trinajstić information content (AvgIpc) is 3.20. The second-order valence-corrected chi connectivity index (χ2v) is 6.61. The minimum absolute atomic E-state index is 0.313. The number of ether oxygens (including phenoxy) is 3. The first-order valence-electron chi connectivity index (χ1n) is 7.66. The summed E-state index contributed by atoms with van der Waals surface area (Å²) < 4.78 is 15.5. The third kappa shape index (κ3) is 3.28. The Morgan fingerprint density at radius 2 is 1.96 bits per heavy atom. The van der Waals surface area contributed by atoms with E-state index >= 15 is 0 Å². The molecule has 5 nitrogen and oxygen atoms in total. The number of hydrogen-bond donors (Lipinski definition) is 0. The molecule has 0 bridgehead atoms. The highest BCUT2D eigenvalue weighted by Gasteiger charge is 2.21. The number of thiophene rings is 1. The maximum atomic E-state index is 12.3. The average molecular weight is 346 g/mol. The summed E-state index contributed by atoms with van der Waals surface area (Å²) in [5.41, 5.74) is 1.59. The predicted octanol–water partition coefficient (Wildman–Crippen LogP) is 3.29. The lowest BCUT2D eigenvalue weighted by Crippen LogP contribution is -2.14. The molecule has 6 heteroatoms. The lowest BCUT2D eigenvalue weighted by Gasteiger charge is -2.09. The largest absolute Gasteiger partial charge is 0.497 e. The van der Waals surface area contributed by atoms with Gasteiger partial charge in [0.1, 0.15) is 16.4 Å². The standard InChI is InChI=1S/C18H18O5S/c1-21-12-6-7-13(15(9-12)22-2)14(19)10-23-18(20)17-8-11-4-3-5-16(11)24-17/h6-9H,3-5,10H2,1-2H3. The van der Waals surface area contributed by atoms with E-state index in [1.54, 1.807) is 18.2 Å². The van der Waals surface area contributed by atoms with Crippen molar-refractivity contribution in [2.45, 2.75) is 19.3 Å². The van der Waals surface area contributed by atoms with Crippen LogP contribution in [0.4, 0.5) is 0 Å². The summed E-state index contributed by atoms with van der Waals surface area (Å²) >= 11 is 1.46. The molecule has 0 unspecified atom stereocenters. The second kappa shape index (κ2) is 7.05. The van der Waals surface area contributed by atoms with Gasteiger partial charge in [-0.1, -0.05) is 0 Å². The highest BCUT2D eigenvalue weighted by atomic mass is 32.1. The summed E-state index contributed by atoms with van der Waals surface area (Å²) in [6, 6.07) is 6.78. The van der Waals surface area contributed by atoms with Gasteiger partial charge >= 0.3 is 5.97 Å². The number of hydrogen-bond acceptors (Lipinski definition) is 6. The van der Waals surface area contributed by atoms with E-state index in [9.17, 15) is 9.59 Å². The highest BCUT2D eigenvalue weighted by Crippen LogP contribution is 2.31. The normalized spacial score (nSPS) is 12.6. The summed E-state index contributed by atoms with van der Waals surface area (Å²) in [6.45, 7) is -0.315. The summed E-state index contributed by atoms with van der Waals surface area (Å²) in [4.78, 5) is 26.2. The Morgan fingerprint density at radius 3 is 2.67 bits per heavy atom. The van der Waals surface area contributed by atoms with Crippen LogP contribution < -0.4 is 9.47 Å². The van der Waals surface area contributed by atoms with E-state index in [0.29, 0.717) is 21.9 Å². The van der Waals surface area contributed by atoms with E-state index in [0.717, 1.165) is 19.3 Å². The monoisotopic (exact) mass is 346 g/mol. The van der Waals surface area contributed by atoms with Crippen LogP contribution in [0.15, 0.2) is 24.3 Å². The van der Waals surface area contributed by atoms with Crippen molar-refractivity contribution < 1.29 is 23.8 Å². The van der Waals surface area contributed by atoms with Crippen LogP contribution in [0.25, 0.3) is 0 Å². The van der Waals surface area contributed by atoms with Crippen LogP contribution in [0.1, 0.15) is 36.9 Å². The van der Waals surface area contributed by atoms with Crippen LogP contribution in [0, 0.1) is 0 Å². The number of carbonyl (C=O) groups is 2. The van der Waals surface area contributed by atoms with Crippen molar-refractivity contribution in [2.24, 2.45) is 0 Å². The SMILES string of the molecule is COc1ccc(C(=O)COC(=O)c2cc3c(s2)CCC3)c(OC)c1. The maximum Gasteiger partial charge on any atom is 0.348 e. The molecule has 0 amide bonds. The van der Waals surface area contributed by atoms with Crippen LogP contribution in [0.2, 0.25) is 0 Å². The van der Waals surface area contributed by atoms with Gasteiger partial charge in [0.2, 0.25) is 5.78 Å². The van der Waals surface area contributed by atoms with Gasteiger partial charge in [-0.3, -0.25) is 4.79 Å². The number of methoxy groups -OCH3 is 2. The number of aryl methyl sites for hydroxylation is 2. The molecular weight excluding hydrogens is 328 g/mol. The first-order chi connectivity index (χ1) is 11.6. The summed E-state index contributed by atoms with van der Waals surface area (Å²) in [7, 11) is 3.02. The molecular formula is C18H18O5S. The van der Waals surface area contributed by atoms with Crippen molar-refractivity contribution in [3.05, 3.63) is 45.1 Å². The van der Waals surface area contributed by atoms with E-state index in [2.05, 4.69) is 0 Å². The Hall–Kier alpha value is -2.34. The second-order valence-electron chi connectivity index (χ2n) is 5.48. The number of Topliss-reactive ketones (excluding diaryl/α,β-unsaturated/α-hetero) is 1. The molecule has 0 saturated heterocycles. The highest BCUT2D eigenvalue weighted by molar-refractivity contribution is 7.14. The molecule has 2 aromatic rings. The van der Waals surface area contributed by atoms with Gasteiger partial charge in [0.15, 0.2) is 6.61 Å². The molecule has 3 rings (SSSR count). The number of carbonyl (C=O) groups excluding carboxylic acids is 2. The zero-order valence-electron chi connectivity index (χ0n) is 13.6. The Morgan fingerprint density at radius 1 is 1.12 bits per heavy atom. The number of esters is 1. The Balaban J connectivity index is 1.65. The fourth-order valence-corrected chi connectivity index (χ4v) is 3.89. The lowest BCUT2D eigenvalue weighted by atomic mass is 10.1. The third-order valence-electron chi connectivity index (χ3n) is 3.99. The Bertz CT molecular complexity index is 756. The number of fused-ring (bicyclic) bond motifs is 1. The van der Waals surface area contributed by atoms with Gasteiger partial charge in [0.05, 0.1) is 19.8 Å². The van der Waals surface area contributed by atoms with Gasteiger partial charge in [0, 0.05) is 10.9 Å². The van der Waals surface area contributed by atoms with Crippen molar-refractivity contribution in [3.63, 3.8) is 0 Å². The minimum atomic E-state index is -0.449. The van der Waals surface area contributed by atoms with Crippen molar-refractivity contribution >= 4 is 23.1 Å². The van der Waals surface area contributed by atoms with Crippen LogP contribution in [-0.2, 0) is 17.6 Å². The van der Waals surface area contributed by atoms with Gasteiger partial charge in [0.25, 0.3) is 0 Å². The molecule has 1 aliphatic rings. The van der Waals surface area contributed by atoms with Crippen molar-refractivity contribution in [1.29, 1.82) is 0 Å². The van der Waals surface area contributed by atoms with Gasteiger partial charge in [-0.05, 0) is 43.0 Å². The molecule has 1 aliphatic carbocycles. The number of benzene rings is 1. The van der Waals surface area contributed by atoms with Crippen LogP contribution in [0.5, 0.6) is 11.5 Å². The Labute approximate surface area is 144 Å². The zero-order valence-corrected chi connectivity index (χ0v) is 14.4. The quantitative estimate of drug-likeness (QED) is 0.593. The minimum Gasteiger partial charge on any atom is -0.497 e. The Kier molecular flexibility index (Phi) is 4.85. The summed E-state index contributed by atoms with van der Waals surface area (Å²) in [5.74, 6) is 0.223. The van der Waals surface area contributed by atoms with Gasteiger partial charge in [-0.15, -0.1) is 11.3 Å². The molecule has 0 N–H and O–H groups in total. The lowest BCUT2D eigenvalue weighted by molar-refractivity contribution is 0.0478. The molecule has 1 heterocycles. The van der Waals surface area contributed by atoms with E-state index in [1.165, 1.54) is 36.0 Å². The van der Waals surface area contributed by atoms with E-state index in [-0.39, 0.29) is 12.4 Å². The molecule has 0 aliphatic heterocycles. The smallest absolute Gasteiger partial charge is 0.348 e.